The average molecular weight is 819 g/mol. The van der Waals surface area contributed by atoms with E-state index in [9.17, 15) is 32.7 Å². The number of carboxylic acids is 1. The highest BCUT2D eigenvalue weighted by Crippen LogP contribution is 2.23. The maximum Gasteiger partial charge on any atom is 0.430 e. The van der Waals surface area contributed by atoms with Crippen molar-refractivity contribution in [2.45, 2.75) is 58.6 Å². The molecule has 53 heavy (non-hydrogen) atoms. The summed E-state index contributed by atoms with van der Waals surface area (Å²) in [4.78, 5) is 51.7. The number of benzene rings is 3. The Morgan fingerprint density at radius 1 is 1.00 bits per heavy atom. The molecule has 0 fully saturated rings. The molecule has 0 aliphatic carbocycles. The monoisotopic (exact) mass is 817 g/mol. The summed E-state index contributed by atoms with van der Waals surface area (Å²) in [5, 5.41) is 21.5. The number of hydrogen-bond donors (Lipinski definition) is 3. The number of hydrogen-bond acceptors (Lipinski definition) is 8. The number of carbonyl (C=O) groups excluding carboxylic acids is 4. The quantitative estimate of drug-likeness (QED) is 0.123. The van der Waals surface area contributed by atoms with E-state index in [0.29, 0.717) is 17.8 Å². The number of amides is 3. The number of nitrogens with zero attached hydrogens (tertiary/aromatic N) is 3. The number of aryl methyl sites for hydroxylation is 1. The van der Waals surface area contributed by atoms with Gasteiger partial charge in [-0.3, -0.25) is 4.79 Å². The zero-order valence-corrected chi connectivity index (χ0v) is 31.0. The molecule has 0 bridgehead atoms. The number of halogens is 4. The van der Waals surface area contributed by atoms with Gasteiger partial charge in [0.2, 0.25) is 5.91 Å². The number of phenols is 1. The van der Waals surface area contributed by atoms with Crippen LogP contribution in [0, 0.1) is 6.92 Å². The van der Waals surface area contributed by atoms with Gasteiger partial charge in [0.05, 0.1) is 18.2 Å². The second-order valence-corrected chi connectivity index (χ2v) is 14.2. The predicted octanol–water partition coefficient (Wildman–Crippen LogP) is 5.11. The van der Waals surface area contributed by atoms with E-state index in [4.69, 9.17) is 20.4 Å². The Hall–Kier alpha value is -5.42. The molecule has 0 aliphatic heterocycles. The molecular weight excluding hydrogens is 783 g/mol. The number of ether oxygens (including phenoxy) is 1. The van der Waals surface area contributed by atoms with Crippen LogP contribution in [0.5, 0.6) is 5.75 Å². The SMILES string of the molecule is Cc1c[n+]2cc(CN(C(=O)Nc3ccc(C(=O)OC(C)C)cc3)[C@@H](Cc3ccc(O)cc3)C(N)=O)n(Cc3ccc(Br)cc3)c2s1.O=C([O-])C(F)(F)F. The molecule has 280 valence electrons. The van der Waals surface area contributed by atoms with Gasteiger partial charge in [-0.15, -0.1) is 0 Å². The second kappa shape index (κ2) is 17.4. The molecule has 0 spiro atoms. The van der Waals surface area contributed by atoms with Crippen molar-refractivity contribution in [2.75, 3.05) is 5.32 Å². The molecular formula is C36H35BrF3N5O7S. The molecule has 2 aromatic heterocycles. The number of thiazole rings is 1. The van der Waals surface area contributed by atoms with E-state index in [1.54, 1.807) is 61.6 Å². The zero-order valence-electron chi connectivity index (χ0n) is 28.6. The fourth-order valence-electron chi connectivity index (χ4n) is 5.07. The number of esters is 1. The molecule has 5 rings (SSSR count). The van der Waals surface area contributed by atoms with Gasteiger partial charge in [0, 0.05) is 21.5 Å². The number of aromatic hydroxyl groups is 1. The van der Waals surface area contributed by atoms with Crippen LogP contribution in [-0.2, 0) is 33.8 Å². The number of aliphatic carboxylic acids is 1. The lowest BCUT2D eigenvalue weighted by Crippen LogP contribution is -2.50. The largest absolute Gasteiger partial charge is 0.542 e. The van der Waals surface area contributed by atoms with Crippen molar-refractivity contribution in [2.24, 2.45) is 5.73 Å². The fourth-order valence-corrected chi connectivity index (χ4v) is 6.29. The van der Waals surface area contributed by atoms with Crippen molar-refractivity contribution in [1.29, 1.82) is 0 Å². The predicted molar refractivity (Wildman–Crippen MR) is 191 cm³/mol. The minimum atomic E-state index is -5.19. The molecule has 0 unspecified atom stereocenters. The Morgan fingerprint density at radius 3 is 2.13 bits per heavy atom. The summed E-state index contributed by atoms with van der Waals surface area (Å²) in [6.07, 6.45) is -1.33. The normalized spacial score (nSPS) is 11.8. The third-order valence-electron chi connectivity index (χ3n) is 7.52. The molecule has 12 nitrogen and oxygen atoms in total. The molecule has 5 aromatic rings. The number of carboxylic acid groups (broad SMARTS) is 1. The summed E-state index contributed by atoms with van der Waals surface area (Å²) in [6, 6.07) is 19.3. The molecule has 17 heteroatoms. The van der Waals surface area contributed by atoms with Crippen molar-refractivity contribution in [3.63, 3.8) is 0 Å². The molecule has 0 aliphatic rings. The number of rotatable bonds is 11. The third-order valence-corrected chi connectivity index (χ3v) is 9.09. The van der Waals surface area contributed by atoms with Crippen molar-refractivity contribution in [3.8, 4) is 5.75 Å². The second-order valence-electron chi connectivity index (χ2n) is 12.0. The number of primary amides is 1. The van der Waals surface area contributed by atoms with Gasteiger partial charge in [0.15, 0.2) is 5.69 Å². The van der Waals surface area contributed by atoms with E-state index in [2.05, 4.69) is 25.8 Å². The summed E-state index contributed by atoms with van der Waals surface area (Å²) in [5.41, 5.74) is 9.34. The Bertz CT molecular complexity index is 2070. The van der Waals surface area contributed by atoms with Crippen molar-refractivity contribution >= 4 is 61.8 Å². The lowest BCUT2D eigenvalue weighted by atomic mass is 10.0. The van der Waals surface area contributed by atoms with Crippen LogP contribution >= 0.6 is 27.3 Å². The van der Waals surface area contributed by atoms with E-state index < -0.39 is 36.1 Å². The van der Waals surface area contributed by atoms with Gasteiger partial charge in [-0.25, -0.2) is 14.2 Å². The molecule has 2 heterocycles. The highest BCUT2D eigenvalue weighted by Gasteiger charge is 2.33. The maximum atomic E-state index is 14.0. The Kier molecular flexibility index (Phi) is 13.2. The van der Waals surface area contributed by atoms with Crippen LogP contribution in [0.25, 0.3) is 4.96 Å². The summed E-state index contributed by atoms with van der Waals surface area (Å²) >= 11 is 5.13. The number of phenolic OH excluding ortho intramolecular Hbond substituents is 1. The topological polar surface area (TPSA) is 171 Å². The smallest absolute Gasteiger partial charge is 0.430 e. The fraction of sp³-hybridized carbons (Fsp3) is 0.250. The minimum absolute atomic E-state index is 0.0697. The number of fused-ring (bicyclic) bond motifs is 1. The van der Waals surface area contributed by atoms with Crippen LogP contribution < -0.4 is 20.6 Å². The van der Waals surface area contributed by atoms with Crippen LogP contribution in [0.1, 0.15) is 45.9 Å². The van der Waals surface area contributed by atoms with E-state index in [1.165, 1.54) is 17.0 Å². The number of urea groups is 1. The van der Waals surface area contributed by atoms with Gasteiger partial charge in [-0.05, 0) is 80.4 Å². The standard InChI is InChI=1S/C34H34BrN5O5S.C2HF3O2/c1-21(2)45-32(43)25-8-12-27(13-9-25)37-33(44)40(30(31(36)42)16-23-6-14-29(41)15-7-23)20-28-19-38-17-22(3)46-34(38)39(28)18-24-4-10-26(35)11-5-24;3-2(4,5)1(6)7/h4-15,17,19,21,30H,16,18,20H2,1-3H3,(H3-,36,37,41,42,43,44);(H,6,7)/t30-;/m0./s1. The van der Waals surface area contributed by atoms with Crippen molar-refractivity contribution < 1.29 is 51.7 Å². The summed E-state index contributed by atoms with van der Waals surface area (Å²) < 4.78 is 41.9. The highest BCUT2D eigenvalue weighted by atomic mass is 79.9. The number of nitrogens with two attached hydrogens (primary N) is 1. The Labute approximate surface area is 314 Å². The molecule has 0 saturated heterocycles. The molecule has 0 saturated carbocycles. The lowest BCUT2D eigenvalue weighted by Gasteiger charge is -2.29. The Morgan fingerprint density at radius 2 is 1.58 bits per heavy atom. The first-order valence-electron chi connectivity index (χ1n) is 15.9. The number of carbonyl (C=O) groups is 4. The number of nitrogens with one attached hydrogen (secondary N) is 1. The number of aromatic nitrogens is 2. The summed E-state index contributed by atoms with van der Waals surface area (Å²) in [6.45, 7) is 6.19. The van der Waals surface area contributed by atoms with Crippen LogP contribution in [0.2, 0.25) is 0 Å². The van der Waals surface area contributed by atoms with Gasteiger partial charge in [0.1, 0.15) is 36.7 Å². The highest BCUT2D eigenvalue weighted by molar-refractivity contribution is 9.10. The maximum absolute atomic E-state index is 14.0. The van der Waals surface area contributed by atoms with Gasteiger partial charge in [-0.1, -0.05) is 51.5 Å². The van der Waals surface area contributed by atoms with E-state index in [0.717, 1.165) is 31.1 Å². The summed E-state index contributed by atoms with van der Waals surface area (Å²) in [5.74, 6) is -4.05. The van der Waals surface area contributed by atoms with Gasteiger partial charge < -0.3 is 35.7 Å². The average Bonchev–Trinajstić information content (AvgIpc) is 3.59. The van der Waals surface area contributed by atoms with E-state index in [-0.39, 0.29) is 24.8 Å². The van der Waals surface area contributed by atoms with Crippen LogP contribution in [0.4, 0.5) is 23.7 Å². The number of alkyl halides is 3. The molecule has 0 radical (unpaired) electrons. The number of imidazole rings is 1. The first-order chi connectivity index (χ1) is 24.9. The molecule has 1 atom stereocenters. The Balaban J connectivity index is 0.000000815. The zero-order chi connectivity index (χ0) is 39.0. The first-order valence-corrected chi connectivity index (χ1v) is 17.5. The minimum Gasteiger partial charge on any atom is -0.542 e. The van der Waals surface area contributed by atoms with Gasteiger partial charge in [-0.2, -0.15) is 17.6 Å². The van der Waals surface area contributed by atoms with Crippen LogP contribution in [0.3, 0.4) is 0 Å². The molecule has 3 amide bonds. The lowest BCUT2D eigenvalue weighted by molar-refractivity contribution is -0.506. The van der Waals surface area contributed by atoms with Crippen LogP contribution in [0.15, 0.2) is 89.7 Å². The number of anilines is 1. The molecule has 3 aromatic carbocycles. The van der Waals surface area contributed by atoms with Gasteiger partial charge >= 0.3 is 23.1 Å². The van der Waals surface area contributed by atoms with Crippen molar-refractivity contribution in [1.82, 2.24) is 9.47 Å². The van der Waals surface area contributed by atoms with Gasteiger partial charge in [0.25, 0.3) is 0 Å². The van der Waals surface area contributed by atoms with E-state index >= 15 is 0 Å². The summed E-state index contributed by atoms with van der Waals surface area (Å²) in [7, 11) is 0. The molecule has 4 N–H and O–H groups in total. The van der Waals surface area contributed by atoms with Crippen LogP contribution in [-0.4, -0.2) is 56.8 Å². The third kappa shape index (κ3) is 11.3. The first kappa shape index (κ1) is 40.4. The van der Waals surface area contributed by atoms with Crippen molar-refractivity contribution in [3.05, 3.63) is 117 Å². The van der Waals surface area contributed by atoms with E-state index in [1.807, 2.05) is 48.0 Å².